The van der Waals surface area contributed by atoms with Crippen molar-refractivity contribution in [1.29, 1.82) is 0 Å². The molecule has 0 bridgehead atoms. The molecule has 0 aliphatic rings. The van der Waals surface area contributed by atoms with Gasteiger partial charge in [0, 0.05) is 18.0 Å². The van der Waals surface area contributed by atoms with Gasteiger partial charge in [0.25, 0.3) is 0 Å². The number of aromatic hydroxyl groups is 1. The van der Waals surface area contributed by atoms with E-state index in [0.29, 0.717) is 5.75 Å². The first-order chi connectivity index (χ1) is 9.20. The zero-order valence-corrected chi connectivity index (χ0v) is 11.0. The zero-order valence-electron chi connectivity index (χ0n) is 11.0. The Bertz CT molecular complexity index is 746. The molecule has 3 aromatic rings. The van der Waals surface area contributed by atoms with Crippen molar-refractivity contribution in [2.45, 2.75) is 20.3 Å². The highest BCUT2D eigenvalue weighted by Gasteiger charge is 2.12. The SMILES string of the molecule is CCc1cc(O)ccc1-c1c(C)ncc2nccn12. The largest absolute Gasteiger partial charge is 0.508 e. The Balaban J connectivity index is 2.35. The number of imidazole rings is 1. The van der Waals surface area contributed by atoms with E-state index in [0.717, 1.165) is 34.6 Å². The summed E-state index contributed by atoms with van der Waals surface area (Å²) in [5.41, 5.74) is 5.01. The van der Waals surface area contributed by atoms with Gasteiger partial charge < -0.3 is 5.11 Å². The first-order valence-electron chi connectivity index (χ1n) is 6.31. The number of aromatic nitrogens is 3. The van der Waals surface area contributed by atoms with Crippen LogP contribution in [-0.4, -0.2) is 19.5 Å². The van der Waals surface area contributed by atoms with E-state index >= 15 is 0 Å². The summed E-state index contributed by atoms with van der Waals surface area (Å²) in [6.45, 7) is 4.07. The fourth-order valence-corrected chi connectivity index (χ4v) is 2.42. The summed E-state index contributed by atoms with van der Waals surface area (Å²) >= 11 is 0. The topological polar surface area (TPSA) is 50.4 Å². The minimum absolute atomic E-state index is 0.295. The molecule has 0 aliphatic carbocycles. The van der Waals surface area contributed by atoms with E-state index in [1.807, 2.05) is 29.7 Å². The van der Waals surface area contributed by atoms with Gasteiger partial charge >= 0.3 is 0 Å². The molecular weight excluding hydrogens is 238 g/mol. The van der Waals surface area contributed by atoms with Gasteiger partial charge in [0.05, 0.1) is 17.6 Å². The number of aryl methyl sites for hydroxylation is 2. The number of phenols is 1. The fourth-order valence-electron chi connectivity index (χ4n) is 2.42. The maximum absolute atomic E-state index is 9.62. The van der Waals surface area contributed by atoms with Gasteiger partial charge in [-0.2, -0.15) is 0 Å². The number of benzene rings is 1. The monoisotopic (exact) mass is 253 g/mol. The van der Waals surface area contributed by atoms with E-state index in [9.17, 15) is 5.11 Å². The highest BCUT2D eigenvalue weighted by atomic mass is 16.3. The van der Waals surface area contributed by atoms with Crippen molar-refractivity contribution >= 4 is 5.65 Å². The molecule has 2 heterocycles. The quantitative estimate of drug-likeness (QED) is 0.763. The van der Waals surface area contributed by atoms with Crippen LogP contribution in [0.25, 0.3) is 16.9 Å². The van der Waals surface area contributed by atoms with Gasteiger partial charge in [0.1, 0.15) is 5.75 Å². The van der Waals surface area contributed by atoms with E-state index in [1.54, 1.807) is 18.5 Å². The van der Waals surface area contributed by atoms with Crippen LogP contribution in [0, 0.1) is 6.92 Å². The standard InChI is InChI=1S/C15H15N3O/c1-3-11-8-12(19)4-5-13(11)15-10(2)17-9-14-16-6-7-18(14)15/h4-9,19H,3H2,1-2H3. The number of hydrogen-bond donors (Lipinski definition) is 1. The molecule has 4 nitrogen and oxygen atoms in total. The third kappa shape index (κ3) is 1.85. The number of nitrogens with zero attached hydrogens (tertiary/aromatic N) is 3. The molecule has 19 heavy (non-hydrogen) atoms. The van der Waals surface area contributed by atoms with Crippen LogP contribution in [0.2, 0.25) is 0 Å². The third-order valence-corrected chi connectivity index (χ3v) is 3.35. The first-order valence-corrected chi connectivity index (χ1v) is 6.31. The number of fused-ring (bicyclic) bond motifs is 1. The molecular formula is C15H15N3O. The van der Waals surface area contributed by atoms with E-state index in [2.05, 4.69) is 16.9 Å². The van der Waals surface area contributed by atoms with E-state index in [1.165, 1.54) is 0 Å². The molecule has 4 heteroatoms. The molecule has 0 aliphatic heterocycles. The van der Waals surface area contributed by atoms with Crippen LogP contribution < -0.4 is 0 Å². The highest BCUT2D eigenvalue weighted by molar-refractivity contribution is 5.69. The molecule has 3 rings (SSSR count). The maximum Gasteiger partial charge on any atom is 0.155 e. The number of hydrogen-bond acceptors (Lipinski definition) is 3. The van der Waals surface area contributed by atoms with E-state index < -0.39 is 0 Å². The first kappa shape index (κ1) is 11.7. The van der Waals surface area contributed by atoms with Crippen molar-refractivity contribution in [3.05, 3.63) is 48.0 Å². The molecule has 0 atom stereocenters. The minimum Gasteiger partial charge on any atom is -0.508 e. The molecule has 96 valence electrons. The molecule has 0 saturated carbocycles. The van der Waals surface area contributed by atoms with E-state index in [-0.39, 0.29) is 0 Å². The summed E-state index contributed by atoms with van der Waals surface area (Å²) in [4.78, 5) is 8.68. The van der Waals surface area contributed by atoms with Crippen molar-refractivity contribution in [2.75, 3.05) is 0 Å². The number of rotatable bonds is 2. The van der Waals surface area contributed by atoms with Gasteiger partial charge in [-0.25, -0.2) is 4.98 Å². The smallest absolute Gasteiger partial charge is 0.155 e. The van der Waals surface area contributed by atoms with Crippen molar-refractivity contribution in [1.82, 2.24) is 14.4 Å². The van der Waals surface area contributed by atoms with E-state index in [4.69, 9.17) is 0 Å². The molecule has 0 spiro atoms. The van der Waals surface area contributed by atoms with Crippen LogP contribution in [-0.2, 0) is 6.42 Å². The Morgan fingerprint density at radius 1 is 1.26 bits per heavy atom. The minimum atomic E-state index is 0.295. The molecule has 1 N–H and O–H groups in total. The van der Waals surface area contributed by atoms with Crippen LogP contribution in [0.15, 0.2) is 36.8 Å². The Labute approximate surface area is 111 Å². The molecule has 0 radical (unpaired) electrons. The summed E-state index contributed by atoms with van der Waals surface area (Å²) in [6.07, 6.45) is 6.33. The van der Waals surface area contributed by atoms with Crippen LogP contribution in [0.5, 0.6) is 5.75 Å². The predicted octanol–water partition coefficient (Wildman–Crippen LogP) is 2.97. The predicted molar refractivity (Wildman–Crippen MR) is 74.2 cm³/mol. The van der Waals surface area contributed by atoms with Crippen LogP contribution >= 0.6 is 0 Å². The lowest BCUT2D eigenvalue weighted by Gasteiger charge is -2.13. The second kappa shape index (κ2) is 4.39. The lowest BCUT2D eigenvalue weighted by molar-refractivity contribution is 0.474. The summed E-state index contributed by atoms with van der Waals surface area (Å²) < 4.78 is 2.04. The normalized spacial score (nSPS) is 11.1. The number of phenolic OH excluding ortho intramolecular Hbond substituents is 1. The Hall–Kier alpha value is -2.36. The second-order valence-electron chi connectivity index (χ2n) is 4.54. The second-order valence-corrected chi connectivity index (χ2v) is 4.54. The summed E-state index contributed by atoms with van der Waals surface area (Å²) in [6, 6.07) is 5.46. The molecule has 2 aromatic heterocycles. The molecule has 0 saturated heterocycles. The van der Waals surface area contributed by atoms with Crippen molar-refractivity contribution in [3.8, 4) is 17.0 Å². The van der Waals surface area contributed by atoms with Gasteiger partial charge in [0.2, 0.25) is 0 Å². The lowest BCUT2D eigenvalue weighted by atomic mass is 10.0. The average molecular weight is 253 g/mol. The Kier molecular flexibility index (Phi) is 2.71. The van der Waals surface area contributed by atoms with Gasteiger partial charge in [-0.05, 0) is 37.1 Å². The Morgan fingerprint density at radius 2 is 2.11 bits per heavy atom. The molecule has 0 fully saturated rings. The Morgan fingerprint density at radius 3 is 2.89 bits per heavy atom. The maximum atomic E-state index is 9.62. The van der Waals surface area contributed by atoms with Crippen molar-refractivity contribution in [2.24, 2.45) is 0 Å². The fraction of sp³-hybridized carbons (Fsp3) is 0.200. The van der Waals surface area contributed by atoms with Gasteiger partial charge in [-0.3, -0.25) is 9.38 Å². The van der Waals surface area contributed by atoms with Crippen LogP contribution in [0.1, 0.15) is 18.2 Å². The van der Waals surface area contributed by atoms with Gasteiger partial charge in [-0.1, -0.05) is 6.92 Å². The third-order valence-electron chi connectivity index (χ3n) is 3.35. The molecule has 1 aromatic carbocycles. The highest BCUT2D eigenvalue weighted by Crippen LogP contribution is 2.29. The van der Waals surface area contributed by atoms with Gasteiger partial charge in [-0.15, -0.1) is 0 Å². The van der Waals surface area contributed by atoms with Crippen LogP contribution in [0.3, 0.4) is 0 Å². The van der Waals surface area contributed by atoms with Gasteiger partial charge in [0.15, 0.2) is 5.65 Å². The molecule has 0 amide bonds. The summed E-state index contributed by atoms with van der Waals surface area (Å²) in [5.74, 6) is 0.295. The lowest BCUT2D eigenvalue weighted by Crippen LogP contribution is -2.00. The van der Waals surface area contributed by atoms with Crippen molar-refractivity contribution < 1.29 is 5.11 Å². The average Bonchev–Trinajstić information content (AvgIpc) is 2.87. The zero-order chi connectivity index (χ0) is 13.4. The van der Waals surface area contributed by atoms with Crippen LogP contribution in [0.4, 0.5) is 0 Å². The summed E-state index contributed by atoms with van der Waals surface area (Å²) in [7, 11) is 0. The summed E-state index contributed by atoms with van der Waals surface area (Å²) in [5, 5.41) is 9.62. The molecule has 0 unspecified atom stereocenters. The van der Waals surface area contributed by atoms with Crippen molar-refractivity contribution in [3.63, 3.8) is 0 Å².